The number of ether oxygens (including phenoxy) is 2. The zero-order valence-corrected chi connectivity index (χ0v) is 14.3. The second kappa shape index (κ2) is 6.92. The van der Waals surface area contributed by atoms with Crippen LogP contribution in [0.3, 0.4) is 0 Å². The van der Waals surface area contributed by atoms with Gasteiger partial charge >= 0.3 is 5.97 Å². The number of carbonyl (C=O) groups excluding carboxylic acids is 1. The number of esters is 1. The first-order valence-electron chi connectivity index (χ1n) is 3.55. The van der Waals surface area contributed by atoms with Gasteiger partial charge in [0.2, 0.25) is 0 Å². The van der Waals surface area contributed by atoms with Crippen LogP contribution in [0.4, 0.5) is 0 Å². The molecule has 0 atom stereocenters. The molecule has 1 aromatic carbocycles. The van der Waals surface area contributed by atoms with Crippen molar-refractivity contribution in [3.05, 3.63) is 24.3 Å². The summed E-state index contributed by atoms with van der Waals surface area (Å²) in [6, 6.07) is 6.83. The molecule has 0 heterocycles. The molecule has 4 heteroatoms. The zero-order chi connectivity index (χ0) is 8.97. The van der Waals surface area contributed by atoms with Gasteiger partial charge in [0, 0.05) is 75.8 Å². The Morgan fingerprint density at radius 1 is 1.15 bits per heavy atom. The number of hydrogen-bond acceptors (Lipinski definition) is 3. The van der Waals surface area contributed by atoms with Gasteiger partial charge in [0.1, 0.15) is 11.5 Å². The molecule has 0 aliphatic rings. The van der Waals surface area contributed by atoms with E-state index in [4.69, 9.17) is 9.47 Å². The van der Waals surface area contributed by atoms with Crippen molar-refractivity contribution < 1.29 is 14.3 Å². The third kappa shape index (κ3) is 5.09. The molecule has 0 amide bonds. The summed E-state index contributed by atoms with van der Waals surface area (Å²) < 4.78 is 9.75. The monoisotopic (exact) mass is 299 g/mol. The Morgan fingerprint density at radius 3 is 2.00 bits per heavy atom. The Bertz CT molecular complexity index is 269. The molecule has 0 aromatic heterocycles. The summed E-state index contributed by atoms with van der Waals surface area (Å²) in [4.78, 5) is 10.5. The predicted octanol–water partition coefficient (Wildman–Crippen LogP) is 1.24. The van der Waals surface area contributed by atoms with Crippen LogP contribution in [-0.2, 0) is 4.79 Å². The van der Waals surface area contributed by atoms with E-state index >= 15 is 0 Å². The van der Waals surface area contributed by atoms with Gasteiger partial charge in [-0.15, -0.1) is 0 Å². The topological polar surface area (TPSA) is 35.5 Å². The Balaban J connectivity index is 0.00000144. The smallest absolute Gasteiger partial charge is 0.308 e. The maximum absolute atomic E-state index is 10.5. The summed E-state index contributed by atoms with van der Waals surface area (Å²) in [6.45, 7) is 1.37. The molecule has 1 aromatic rings. The average molecular weight is 299 g/mol. The molecule has 1 radical (unpaired) electrons. The number of benzene rings is 1. The average Bonchev–Trinajstić information content (AvgIpc) is 2.05. The first-order chi connectivity index (χ1) is 5.72. The first-order valence-corrected chi connectivity index (χ1v) is 3.55. The molecule has 65 valence electrons. The number of methoxy groups -OCH3 is 1. The van der Waals surface area contributed by atoms with Crippen LogP contribution in [0.1, 0.15) is 6.92 Å². The molecule has 0 N–H and O–H groups in total. The summed E-state index contributed by atoms with van der Waals surface area (Å²) in [5.74, 6) is 0.953. The van der Waals surface area contributed by atoms with E-state index in [0.29, 0.717) is 5.75 Å². The molecular weight excluding hydrogens is 289 g/mol. The molecule has 0 spiro atoms. The molecule has 0 aliphatic carbocycles. The fourth-order valence-corrected chi connectivity index (χ4v) is 0.810. The van der Waals surface area contributed by atoms with Crippen LogP contribution in [0, 0.1) is 0 Å². The van der Waals surface area contributed by atoms with Gasteiger partial charge in [0.05, 0.1) is 7.11 Å². The fourth-order valence-electron chi connectivity index (χ4n) is 0.810. The third-order valence-corrected chi connectivity index (χ3v) is 1.32. The van der Waals surface area contributed by atoms with Crippen LogP contribution in [0.15, 0.2) is 24.3 Å². The summed E-state index contributed by atoms with van der Waals surface area (Å²) >= 11 is 0. The van der Waals surface area contributed by atoms with Gasteiger partial charge in [-0.3, -0.25) is 4.79 Å². The van der Waals surface area contributed by atoms with Crippen molar-refractivity contribution in [2.45, 2.75) is 6.92 Å². The second-order valence-electron chi connectivity index (χ2n) is 2.27. The van der Waals surface area contributed by atoms with Crippen LogP contribution >= 0.6 is 0 Å². The van der Waals surface area contributed by atoms with Crippen molar-refractivity contribution in [3.63, 3.8) is 0 Å². The van der Waals surface area contributed by atoms with Crippen molar-refractivity contribution in [1.82, 2.24) is 0 Å². The molecule has 1 rings (SSSR count). The summed E-state index contributed by atoms with van der Waals surface area (Å²) in [7, 11) is 1.58. The molecular formula is C9H10CsO3. The number of carbonyl (C=O) groups is 1. The van der Waals surface area contributed by atoms with Gasteiger partial charge < -0.3 is 9.47 Å². The van der Waals surface area contributed by atoms with Crippen molar-refractivity contribution >= 4 is 74.9 Å². The minimum atomic E-state index is -0.319. The van der Waals surface area contributed by atoms with E-state index in [1.165, 1.54) is 6.92 Å². The van der Waals surface area contributed by atoms with E-state index in [0.717, 1.165) is 5.75 Å². The van der Waals surface area contributed by atoms with Crippen molar-refractivity contribution in [3.8, 4) is 11.5 Å². The van der Waals surface area contributed by atoms with Crippen molar-refractivity contribution in [2.75, 3.05) is 7.11 Å². The molecule has 0 bridgehead atoms. The second-order valence-corrected chi connectivity index (χ2v) is 2.27. The Labute approximate surface area is 136 Å². The van der Waals surface area contributed by atoms with E-state index in [9.17, 15) is 4.79 Å². The summed E-state index contributed by atoms with van der Waals surface area (Å²) in [6.07, 6.45) is 0. The standard InChI is InChI=1S/C9H10O3.Cs/c1-7(10)12-9-5-3-8(11-2)4-6-9;/h3-6H,1-2H3;. The Kier molecular flexibility index (Phi) is 7.21. The van der Waals surface area contributed by atoms with Gasteiger partial charge in [-0.1, -0.05) is 0 Å². The summed E-state index contributed by atoms with van der Waals surface area (Å²) in [5.41, 5.74) is 0. The fraction of sp³-hybridized carbons (Fsp3) is 0.222. The van der Waals surface area contributed by atoms with Gasteiger partial charge in [0.15, 0.2) is 0 Å². The van der Waals surface area contributed by atoms with E-state index in [1.807, 2.05) is 0 Å². The van der Waals surface area contributed by atoms with Crippen LogP contribution in [0.5, 0.6) is 11.5 Å². The van der Waals surface area contributed by atoms with Crippen LogP contribution in [0.2, 0.25) is 0 Å². The van der Waals surface area contributed by atoms with Crippen molar-refractivity contribution in [2.24, 2.45) is 0 Å². The number of hydrogen-bond donors (Lipinski definition) is 0. The molecule has 0 saturated carbocycles. The van der Waals surface area contributed by atoms with Gasteiger partial charge in [0.25, 0.3) is 0 Å². The quantitative estimate of drug-likeness (QED) is 0.609. The maximum Gasteiger partial charge on any atom is 0.308 e. The minimum absolute atomic E-state index is 0. The molecule has 0 aliphatic heterocycles. The van der Waals surface area contributed by atoms with E-state index in [1.54, 1.807) is 31.4 Å². The molecule has 13 heavy (non-hydrogen) atoms. The van der Waals surface area contributed by atoms with E-state index in [-0.39, 0.29) is 74.9 Å². The summed E-state index contributed by atoms with van der Waals surface area (Å²) in [5, 5.41) is 0. The number of rotatable bonds is 2. The molecule has 3 nitrogen and oxygen atoms in total. The van der Waals surface area contributed by atoms with Crippen LogP contribution in [0.25, 0.3) is 0 Å². The Morgan fingerprint density at radius 2 is 1.62 bits per heavy atom. The predicted molar refractivity (Wildman–Crippen MR) is 50.1 cm³/mol. The molecule has 0 unspecified atom stereocenters. The SMILES string of the molecule is COc1ccc(OC(C)=O)cc1.[Cs]. The van der Waals surface area contributed by atoms with E-state index < -0.39 is 0 Å². The molecule has 0 fully saturated rings. The molecule has 0 saturated heterocycles. The van der Waals surface area contributed by atoms with Gasteiger partial charge in [-0.25, -0.2) is 0 Å². The van der Waals surface area contributed by atoms with Crippen LogP contribution in [-0.4, -0.2) is 82.0 Å². The van der Waals surface area contributed by atoms with Crippen molar-refractivity contribution in [1.29, 1.82) is 0 Å². The van der Waals surface area contributed by atoms with Gasteiger partial charge in [-0.05, 0) is 24.3 Å². The normalized spacial score (nSPS) is 8.46. The van der Waals surface area contributed by atoms with Gasteiger partial charge in [-0.2, -0.15) is 0 Å². The van der Waals surface area contributed by atoms with E-state index in [2.05, 4.69) is 0 Å². The first kappa shape index (κ1) is 13.5. The maximum atomic E-state index is 10.5. The zero-order valence-electron chi connectivity index (χ0n) is 8.03. The third-order valence-electron chi connectivity index (χ3n) is 1.32. The minimum Gasteiger partial charge on any atom is -0.497 e. The Hall–Kier alpha value is 0.542. The van der Waals surface area contributed by atoms with Crippen LogP contribution < -0.4 is 9.47 Å². The largest absolute Gasteiger partial charge is 0.497 e.